The molecule has 2 aromatic rings. The van der Waals surface area contributed by atoms with Crippen molar-refractivity contribution >= 4 is 5.91 Å². The lowest BCUT2D eigenvalue weighted by molar-refractivity contribution is 0.0157. The van der Waals surface area contributed by atoms with Gasteiger partial charge in [-0.1, -0.05) is 0 Å². The Labute approximate surface area is 212 Å². The molecule has 1 atom stereocenters. The number of ether oxygens (including phenoxy) is 1. The van der Waals surface area contributed by atoms with Gasteiger partial charge >= 0.3 is 0 Å². The highest BCUT2D eigenvalue weighted by molar-refractivity contribution is 5.99. The van der Waals surface area contributed by atoms with E-state index in [1.165, 1.54) is 0 Å². The van der Waals surface area contributed by atoms with E-state index in [9.17, 15) is 9.59 Å². The molecule has 0 bridgehead atoms. The van der Waals surface area contributed by atoms with Crippen LogP contribution in [0.3, 0.4) is 0 Å². The minimum absolute atomic E-state index is 0.175. The normalized spacial score (nSPS) is 25.7. The van der Waals surface area contributed by atoms with Gasteiger partial charge < -0.3 is 19.5 Å². The van der Waals surface area contributed by atoms with Crippen molar-refractivity contribution in [3.63, 3.8) is 0 Å². The largest absolute Gasteiger partial charge is 0.486 e. The molecule has 5 rings (SSSR count). The van der Waals surface area contributed by atoms with E-state index >= 15 is 4.39 Å². The number of H-pyrrole nitrogens is 1. The molecule has 6 nitrogen and oxygen atoms in total. The summed E-state index contributed by atoms with van der Waals surface area (Å²) < 4.78 is 22.5. The Balaban J connectivity index is 1.43. The van der Waals surface area contributed by atoms with Gasteiger partial charge in [-0.2, -0.15) is 0 Å². The van der Waals surface area contributed by atoms with Crippen LogP contribution in [0.4, 0.5) is 4.39 Å². The topological polar surface area (TPSA) is 65.6 Å². The molecule has 194 valence electrons. The summed E-state index contributed by atoms with van der Waals surface area (Å²) in [5.41, 5.74) is 3.89. The van der Waals surface area contributed by atoms with E-state index in [4.69, 9.17) is 4.74 Å². The fraction of sp³-hybridized carbons (Fsp3) is 0.586. The number of carbonyl (C=O) groups is 1. The summed E-state index contributed by atoms with van der Waals surface area (Å²) in [7, 11) is 4.27. The number of benzene rings is 1. The average Bonchev–Trinajstić information content (AvgIpc) is 3.20. The fourth-order valence-corrected chi connectivity index (χ4v) is 6.75. The Morgan fingerprint density at radius 3 is 2.47 bits per heavy atom. The lowest BCUT2D eigenvalue weighted by atomic mass is 9.74. The number of aromatic nitrogens is 1. The number of halogens is 1. The number of carbonyl (C=O) groups excluding carboxylic acids is 1. The smallest absolute Gasteiger partial charge is 0.254 e. The molecule has 36 heavy (non-hydrogen) atoms. The first kappa shape index (κ1) is 25.0. The quantitative estimate of drug-likeness (QED) is 0.681. The number of fused-ring (bicyclic) bond motifs is 2. The first-order chi connectivity index (χ1) is 17.0. The van der Waals surface area contributed by atoms with Crippen LogP contribution in [0.25, 0.3) is 0 Å². The molecule has 1 fully saturated rings. The first-order valence-electron chi connectivity index (χ1n) is 13.2. The van der Waals surface area contributed by atoms with Crippen LogP contribution in [0, 0.1) is 32.5 Å². The van der Waals surface area contributed by atoms with Crippen LogP contribution in [0.1, 0.15) is 76.5 Å². The third-order valence-electron chi connectivity index (χ3n) is 8.95. The molecule has 3 aliphatic rings. The highest BCUT2D eigenvalue weighted by Crippen LogP contribution is 2.49. The summed E-state index contributed by atoms with van der Waals surface area (Å²) in [6.45, 7) is 8.34. The molecule has 1 aromatic heterocycles. The number of nitrogens with zero attached hydrogens (tertiary/aromatic N) is 2. The lowest BCUT2D eigenvalue weighted by Gasteiger charge is -2.40. The van der Waals surface area contributed by atoms with E-state index in [-0.39, 0.29) is 23.8 Å². The molecule has 0 unspecified atom stereocenters. The number of nitrogens with one attached hydrogen (secondary N) is 1. The van der Waals surface area contributed by atoms with Crippen molar-refractivity contribution in [3.8, 4) is 5.75 Å². The van der Waals surface area contributed by atoms with E-state index < -0.39 is 5.60 Å². The van der Waals surface area contributed by atoms with Gasteiger partial charge in [-0.15, -0.1) is 0 Å². The minimum Gasteiger partial charge on any atom is -0.486 e. The fourth-order valence-electron chi connectivity index (χ4n) is 6.75. The van der Waals surface area contributed by atoms with Crippen molar-refractivity contribution in [2.75, 3.05) is 20.6 Å². The predicted molar refractivity (Wildman–Crippen MR) is 138 cm³/mol. The number of hydrogen-bond donors (Lipinski definition) is 1. The third-order valence-corrected chi connectivity index (χ3v) is 8.95. The predicted octanol–water partition coefficient (Wildman–Crippen LogP) is 4.45. The number of aryl methyl sites for hydroxylation is 2. The van der Waals surface area contributed by atoms with Gasteiger partial charge in [0.2, 0.25) is 0 Å². The maximum Gasteiger partial charge on any atom is 0.254 e. The standard InChI is InChI=1S/C29H38FN3O3/c1-16-13-17(2)31-27(34)23(16)15-33-12-11-21-24(28(33)35)18(3)26-22(25(21)30)14-29(4,36-26)19-7-9-20(10-8-19)32(5)6/h13,19-20H,7-12,14-15H2,1-6H3,(H,31,34)/t19?,20?,29-/m0/s1. The molecular formula is C29H38FN3O3. The Hall–Kier alpha value is -2.67. The molecule has 1 saturated carbocycles. The van der Waals surface area contributed by atoms with Crippen LogP contribution < -0.4 is 10.3 Å². The van der Waals surface area contributed by atoms with Crippen LogP contribution >= 0.6 is 0 Å². The summed E-state index contributed by atoms with van der Waals surface area (Å²) in [5.74, 6) is 0.426. The molecule has 7 heteroatoms. The van der Waals surface area contributed by atoms with E-state index in [2.05, 4.69) is 30.9 Å². The molecule has 0 saturated heterocycles. The maximum atomic E-state index is 15.9. The molecule has 1 N–H and O–H groups in total. The SMILES string of the molecule is Cc1cc(C)c(CN2CCc3c(F)c4c(c(C)c3C2=O)O[C@](C)(C2CCC(N(C)C)CC2)C4)c(=O)[nH]1. The number of pyridine rings is 1. The van der Waals surface area contributed by atoms with Crippen LogP contribution in [0.5, 0.6) is 5.75 Å². The van der Waals surface area contributed by atoms with Crippen molar-refractivity contribution in [3.05, 3.63) is 61.3 Å². The maximum absolute atomic E-state index is 15.9. The molecule has 2 aliphatic heterocycles. The summed E-state index contributed by atoms with van der Waals surface area (Å²) >= 11 is 0. The van der Waals surface area contributed by atoms with Gasteiger partial charge in [-0.05, 0) is 91.4 Å². The first-order valence-corrected chi connectivity index (χ1v) is 13.2. The van der Waals surface area contributed by atoms with Crippen LogP contribution in [0.2, 0.25) is 0 Å². The van der Waals surface area contributed by atoms with E-state index in [1.807, 2.05) is 26.8 Å². The van der Waals surface area contributed by atoms with E-state index in [1.54, 1.807) is 4.90 Å². The van der Waals surface area contributed by atoms with Gasteiger partial charge in [0.05, 0.1) is 12.1 Å². The zero-order valence-corrected chi connectivity index (χ0v) is 22.4. The van der Waals surface area contributed by atoms with Crippen LogP contribution in [-0.2, 0) is 19.4 Å². The van der Waals surface area contributed by atoms with Crippen molar-refractivity contribution in [2.24, 2.45) is 5.92 Å². The third kappa shape index (κ3) is 4.05. The summed E-state index contributed by atoms with van der Waals surface area (Å²) in [4.78, 5) is 33.0. The molecule has 0 spiro atoms. The van der Waals surface area contributed by atoms with Crippen molar-refractivity contribution in [1.82, 2.24) is 14.8 Å². The second kappa shape index (κ2) is 9.02. The Bertz CT molecular complexity index is 1280. The van der Waals surface area contributed by atoms with Crippen LogP contribution in [0.15, 0.2) is 10.9 Å². The molecule has 0 radical (unpaired) electrons. The monoisotopic (exact) mass is 495 g/mol. The van der Waals surface area contributed by atoms with Gasteiger partial charge in [0.1, 0.15) is 17.2 Å². The number of amides is 1. The summed E-state index contributed by atoms with van der Waals surface area (Å²) in [5, 5.41) is 0. The van der Waals surface area contributed by atoms with E-state index in [0.29, 0.717) is 59.3 Å². The minimum atomic E-state index is -0.454. The Morgan fingerprint density at radius 2 is 1.83 bits per heavy atom. The van der Waals surface area contributed by atoms with Gasteiger partial charge in [-0.25, -0.2) is 4.39 Å². The van der Waals surface area contributed by atoms with Gasteiger partial charge in [0.15, 0.2) is 0 Å². The van der Waals surface area contributed by atoms with Crippen molar-refractivity contribution in [2.45, 2.75) is 84.4 Å². The number of hydrogen-bond acceptors (Lipinski definition) is 4. The summed E-state index contributed by atoms with van der Waals surface area (Å²) in [6.07, 6.45) is 5.35. The Morgan fingerprint density at radius 1 is 1.14 bits per heavy atom. The Kier molecular flexibility index (Phi) is 6.26. The molecule has 1 amide bonds. The average molecular weight is 496 g/mol. The van der Waals surface area contributed by atoms with E-state index in [0.717, 1.165) is 42.5 Å². The molecular weight excluding hydrogens is 457 g/mol. The van der Waals surface area contributed by atoms with Gasteiger partial charge in [-0.3, -0.25) is 9.59 Å². The second-order valence-corrected chi connectivity index (χ2v) is 11.6. The highest BCUT2D eigenvalue weighted by atomic mass is 19.1. The zero-order chi connectivity index (χ0) is 25.9. The van der Waals surface area contributed by atoms with Crippen LogP contribution in [-0.4, -0.2) is 53.0 Å². The number of rotatable bonds is 4. The highest BCUT2D eigenvalue weighted by Gasteiger charge is 2.47. The second-order valence-electron chi connectivity index (χ2n) is 11.6. The zero-order valence-electron chi connectivity index (χ0n) is 22.4. The summed E-state index contributed by atoms with van der Waals surface area (Å²) in [6, 6.07) is 2.50. The van der Waals surface area contributed by atoms with Crippen molar-refractivity contribution in [1.29, 1.82) is 0 Å². The molecule has 1 aliphatic carbocycles. The van der Waals surface area contributed by atoms with Gasteiger partial charge in [0, 0.05) is 47.0 Å². The molecule has 3 heterocycles. The number of aromatic amines is 1. The van der Waals surface area contributed by atoms with Crippen molar-refractivity contribution < 1.29 is 13.9 Å². The van der Waals surface area contributed by atoms with Gasteiger partial charge in [0.25, 0.3) is 11.5 Å². The molecule has 1 aromatic carbocycles. The lowest BCUT2D eigenvalue weighted by Crippen LogP contribution is -2.44.